The summed E-state index contributed by atoms with van der Waals surface area (Å²) in [6.07, 6.45) is 1.72. The lowest BCUT2D eigenvalue weighted by molar-refractivity contribution is 0.706. The molecule has 2 rings (SSSR count). The lowest BCUT2D eigenvalue weighted by Crippen LogP contribution is -2.33. The maximum atomic E-state index is 11.7. The number of nitrogens with two attached hydrogens (primary N) is 1. The zero-order valence-corrected chi connectivity index (χ0v) is 10.1. The number of aryl methyl sites for hydroxylation is 1. The van der Waals surface area contributed by atoms with Gasteiger partial charge in [0, 0.05) is 25.9 Å². The van der Waals surface area contributed by atoms with Gasteiger partial charge < -0.3 is 11.1 Å². The van der Waals surface area contributed by atoms with Gasteiger partial charge in [-0.15, -0.1) is 0 Å². The zero-order chi connectivity index (χ0) is 13.3. The van der Waals surface area contributed by atoms with Crippen molar-refractivity contribution in [2.75, 3.05) is 11.1 Å². The quantitative estimate of drug-likeness (QED) is 0.687. The molecule has 0 saturated carbocycles. The predicted octanol–water partition coefficient (Wildman–Crippen LogP) is -0.384. The minimum atomic E-state index is -0.562. The second kappa shape index (κ2) is 4.40. The first kappa shape index (κ1) is 12.0. The molecule has 0 aliphatic heterocycles. The smallest absolute Gasteiger partial charge is 0.330 e. The summed E-state index contributed by atoms with van der Waals surface area (Å²) in [6.45, 7) is 2.14. The van der Waals surface area contributed by atoms with Gasteiger partial charge in [-0.05, 0) is 6.92 Å². The summed E-state index contributed by atoms with van der Waals surface area (Å²) in [4.78, 5) is 25.4. The van der Waals surface area contributed by atoms with E-state index in [1.54, 1.807) is 30.9 Å². The summed E-state index contributed by atoms with van der Waals surface area (Å²) in [6, 6.07) is 1.69. The van der Waals surface area contributed by atoms with Gasteiger partial charge >= 0.3 is 5.69 Å². The number of hydrogen-bond acceptors (Lipinski definition) is 5. The molecule has 2 heterocycles. The normalized spacial score (nSPS) is 10.6. The van der Waals surface area contributed by atoms with Crippen molar-refractivity contribution in [2.45, 2.75) is 13.5 Å². The lowest BCUT2D eigenvalue weighted by atomic mass is 10.4. The molecule has 2 aromatic heterocycles. The molecule has 0 spiro atoms. The molecule has 0 saturated heterocycles. The van der Waals surface area contributed by atoms with Gasteiger partial charge in [0.2, 0.25) is 0 Å². The Labute approximate surface area is 102 Å². The topological polar surface area (TPSA) is 111 Å². The molecule has 0 radical (unpaired) electrons. The van der Waals surface area contributed by atoms with Crippen molar-refractivity contribution < 1.29 is 0 Å². The van der Waals surface area contributed by atoms with E-state index in [4.69, 9.17) is 5.73 Å². The molecule has 0 bridgehead atoms. The molecule has 0 fully saturated rings. The Hall–Kier alpha value is -2.51. The molecule has 2 aromatic rings. The number of aromatic amines is 1. The fourth-order valence-electron chi connectivity index (χ4n) is 1.63. The molecule has 0 atom stereocenters. The van der Waals surface area contributed by atoms with Gasteiger partial charge in [-0.2, -0.15) is 5.10 Å². The van der Waals surface area contributed by atoms with E-state index in [9.17, 15) is 9.59 Å². The third-order valence-corrected chi connectivity index (χ3v) is 2.52. The van der Waals surface area contributed by atoms with Crippen molar-refractivity contribution in [1.29, 1.82) is 0 Å². The highest BCUT2D eigenvalue weighted by Crippen LogP contribution is 2.15. The van der Waals surface area contributed by atoms with Gasteiger partial charge in [-0.1, -0.05) is 0 Å². The Morgan fingerprint density at radius 3 is 2.78 bits per heavy atom. The molecule has 8 nitrogen and oxygen atoms in total. The number of hydrogen-bond donors (Lipinski definition) is 3. The maximum Gasteiger partial charge on any atom is 0.330 e. The SMILES string of the molecule is CCn1c(N)c(Nc2ccn(C)n2)c(=O)[nH]c1=O. The van der Waals surface area contributed by atoms with E-state index in [0.717, 1.165) is 0 Å². The van der Waals surface area contributed by atoms with E-state index < -0.39 is 11.2 Å². The number of rotatable bonds is 3. The highest BCUT2D eigenvalue weighted by atomic mass is 16.2. The molecule has 0 aliphatic rings. The minimum absolute atomic E-state index is 0.0944. The Morgan fingerprint density at radius 2 is 2.22 bits per heavy atom. The van der Waals surface area contributed by atoms with Crippen LogP contribution in [0.2, 0.25) is 0 Å². The van der Waals surface area contributed by atoms with E-state index in [2.05, 4.69) is 15.4 Å². The van der Waals surface area contributed by atoms with Crippen LogP contribution in [-0.4, -0.2) is 19.3 Å². The van der Waals surface area contributed by atoms with Gasteiger partial charge in [0.05, 0.1) is 0 Å². The molecule has 0 amide bonds. The van der Waals surface area contributed by atoms with E-state index in [1.165, 1.54) is 4.57 Å². The Morgan fingerprint density at radius 1 is 1.50 bits per heavy atom. The van der Waals surface area contributed by atoms with Gasteiger partial charge in [0.15, 0.2) is 5.82 Å². The van der Waals surface area contributed by atoms with Crippen LogP contribution in [0.5, 0.6) is 0 Å². The molecule has 18 heavy (non-hydrogen) atoms. The fourth-order valence-corrected chi connectivity index (χ4v) is 1.63. The monoisotopic (exact) mass is 250 g/mol. The average molecular weight is 250 g/mol. The molecule has 96 valence electrons. The number of nitrogens with zero attached hydrogens (tertiary/aromatic N) is 3. The van der Waals surface area contributed by atoms with Crippen LogP contribution >= 0.6 is 0 Å². The second-order valence-corrected chi connectivity index (χ2v) is 3.76. The second-order valence-electron chi connectivity index (χ2n) is 3.76. The van der Waals surface area contributed by atoms with E-state index in [-0.39, 0.29) is 11.5 Å². The van der Waals surface area contributed by atoms with Crippen LogP contribution < -0.4 is 22.3 Å². The summed E-state index contributed by atoms with van der Waals surface area (Å²) < 4.78 is 2.86. The molecule has 4 N–H and O–H groups in total. The largest absolute Gasteiger partial charge is 0.383 e. The highest BCUT2D eigenvalue weighted by Gasteiger charge is 2.12. The van der Waals surface area contributed by atoms with Gasteiger partial charge in [-0.25, -0.2) is 4.79 Å². The van der Waals surface area contributed by atoms with Crippen molar-refractivity contribution in [2.24, 2.45) is 7.05 Å². The standard InChI is InChI=1S/C10H14N6O2/c1-3-16-8(11)7(9(17)13-10(16)18)12-6-4-5-15(2)14-6/h4-5H,3,11H2,1-2H3,(H,12,14)(H,13,17,18). The average Bonchev–Trinajstić information content (AvgIpc) is 2.70. The first-order valence-corrected chi connectivity index (χ1v) is 5.42. The van der Waals surface area contributed by atoms with E-state index in [0.29, 0.717) is 12.4 Å². The molecule has 0 unspecified atom stereocenters. The minimum Gasteiger partial charge on any atom is -0.383 e. The van der Waals surface area contributed by atoms with Crippen LogP contribution in [0.3, 0.4) is 0 Å². The van der Waals surface area contributed by atoms with Gasteiger partial charge in [0.1, 0.15) is 11.5 Å². The summed E-state index contributed by atoms with van der Waals surface area (Å²) in [5.41, 5.74) is 4.83. The first-order chi connectivity index (χ1) is 8.52. The van der Waals surface area contributed by atoms with Crippen molar-refractivity contribution in [1.82, 2.24) is 19.3 Å². The molecule has 0 aromatic carbocycles. The number of nitrogen functional groups attached to an aromatic ring is 1. The van der Waals surface area contributed by atoms with E-state index in [1.807, 2.05) is 0 Å². The predicted molar refractivity (Wildman–Crippen MR) is 67.9 cm³/mol. The van der Waals surface area contributed by atoms with Crippen molar-refractivity contribution in [3.63, 3.8) is 0 Å². The summed E-state index contributed by atoms with van der Waals surface area (Å²) in [5, 5.41) is 6.88. The summed E-state index contributed by atoms with van der Waals surface area (Å²) in [5.74, 6) is 0.577. The third-order valence-electron chi connectivity index (χ3n) is 2.52. The van der Waals surface area contributed by atoms with Crippen molar-refractivity contribution in [3.8, 4) is 0 Å². The van der Waals surface area contributed by atoms with Gasteiger partial charge in [-0.3, -0.25) is 19.0 Å². The van der Waals surface area contributed by atoms with Crippen molar-refractivity contribution >= 4 is 17.3 Å². The number of H-pyrrole nitrogens is 1. The van der Waals surface area contributed by atoms with Crippen LogP contribution in [0.15, 0.2) is 21.9 Å². The maximum absolute atomic E-state index is 11.7. The molecule has 8 heteroatoms. The van der Waals surface area contributed by atoms with Crippen LogP contribution in [0.25, 0.3) is 0 Å². The van der Waals surface area contributed by atoms with Crippen molar-refractivity contribution in [3.05, 3.63) is 33.1 Å². The van der Waals surface area contributed by atoms with Crippen LogP contribution in [-0.2, 0) is 13.6 Å². The molecular formula is C10H14N6O2. The Bertz CT molecular complexity index is 680. The fraction of sp³-hybridized carbons (Fsp3) is 0.300. The third kappa shape index (κ3) is 1.99. The number of aromatic nitrogens is 4. The van der Waals surface area contributed by atoms with Crippen LogP contribution in [0.1, 0.15) is 6.92 Å². The number of nitrogens with one attached hydrogen (secondary N) is 2. The Kier molecular flexibility index (Phi) is 2.92. The summed E-state index contributed by atoms with van der Waals surface area (Å²) in [7, 11) is 1.76. The van der Waals surface area contributed by atoms with Crippen LogP contribution in [0.4, 0.5) is 17.3 Å². The Balaban J connectivity index is 2.51. The van der Waals surface area contributed by atoms with Gasteiger partial charge in [0.25, 0.3) is 5.56 Å². The van der Waals surface area contributed by atoms with Crippen LogP contribution in [0, 0.1) is 0 Å². The highest BCUT2D eigenvalue weighted by molar-refractivity contribution is 5.66. The first-order valence-electron chi connectivity index (χ1n) is 5.42. The number of anilines is 3. The molecular weight excluding hydrogens is 236 g/mol. The molecule has 0 aliphatic carbocycles. The lowest BCUT2D eigenvalue weighted by Gasteiger charge is -2.10. The summed E-state index contributed by atoms with van der Waals surface area (Å²) >= 11 is 0. The van der Waals surface area contributed by atoms with E-state index >= 15 is 0 Å². The zero-order valence-electron chi connectivity index (χ0n) is 10.1.